The van der Waals surface area contributed by atoms with Crippen molar-refractivity contribution in [2.45, 2.75) is 33.3 Å². The molecule has 0 fully saturated rings. The van der Waals surface area contributed by atoms with Gasteiger partial charge in [-0.05, 0) is 44.0 Å². The highest BCUT2D eigenvalue weighted by atomic mass is 35.5. The van der Waals surface area contributed by atoms with Gasteiger partial charge < -0.3 is 24.8 Å². The van der Waals surface area contributed by atoms with Gasteiger partial charge in [0.05, 0.1) is 30.3 Å². The van der Waals surface area contributed by atoms with E-state index >= 15 is 0 Å². The molecule has 0 aromatic heterocycles. The Morgan fingerprint density at radius 2 is 1.81 bits per heavy atom. The standard InChI is InChI=1S/C23H25ClN2O6/c1-13-6-4-7-14(2)20(13)26-19(27)12-25-22(28)15(3)32-23(29)16-10-17(24)21-18(11-16)30-8-5-9-31-21/h4,6-7,10-11,15H,5,8-9,12H2,1-3H3,(H,25,28)(H,26,27). The smallest absolute Gasteiger partial charge is 0.339 e. The number of aryl methyl sites for hydroxylation is 2. The first-order valence-corrected chi connectivity index (χ1v) is 10.6. The molecule has 1 atom stereocenters. The number of benzene rings is 2. The average molecular weight is 461 g/mol. The average Bonchev–Trinajstić information content (AvgIpc) is 3.00. The quantitative estimate of drug-likeness (QED) is 0.640. The molecule has 0 saturated carbocycles. The summed E-state index contributed by atoms with van der Waals surface area (Å²) < 4.78 is 16.3. The molecule has 0 radical (unpaired) electrons. The van der Waals surface area contributed by atoms with Gasteiger partial charge in [-0.2, -0.15) is 0 Å². The number of rotatable bonds is 6. The van der Waals surface area contributed by atoms with Crippen LogP contribution < -0.4 is 20.1 Å². The highest BCUT2D eigenvalue weighted by Crippen LogP contribution is 2.38. The molecule has 1 unspecified atom stereocenters. The second-order valence-corrected chi connectivity index (χ2v) is 7.82. The zero-order chi connectivity index (χ0) is 23.3. The van der Waals surface area contributed by atoms with Crippen LogP contribution in [0.1, 0.15) is 34.8 Å². The number of nitrogens with one attached hydrogen (secondary N) is 2. The van der Waals surface area contributed by atoms with Crippen LogP contribution in [-0.2, 0) is 14.3 Å². The summed E-state index contributed by atoms with van der Waals surface area (Å²) in [5.41, 5.74) is 2.67. The fourth-order valence-electron chi connectivity index (χ4n) is 3.14. The molecule has 2 N–H and O–H groups in total. The zero-order valence-electron chi connectivity index (χ0n) is 18.1. The Bertz CT molecular complexity index is 1020. The van der Waals surface area contributed by atoms with Gasteiger partial charge in [0.1, 0.15) is 0 Å². The van der Waals surface area contributed by atoms with E-state index in [1.807, 2.05) is 32.0 Å². The largest absolute Gasteiger partial charge is 0.489 e. The molecule has 2 amide bonds. The summed E-state index contributed by atoms with van der Waals surface area (Å²) in [4.78, 5) is 37.0. The van der Waals surface area contributed by atoms with Crippen LogP contribution >= 0.6 is 11.6 Å². The Hall–Kier alpha value is -3.26. The summed E-state index contributed by atoms with van der Waals surface area (Å²) in [6, 6.07) is 8.54. The van der Waals surface area contributed by atoms with Gasteiger partial charge in [0.15, 0.2) is 17.6 Å². The summed E-state index contributed by atoms with van der Waals surface area (Å²) in [5, 5.41) is 5.47. The van der Waals surface area contributed by atoms with E-state index in [-0.39, 0.29) is 23.0 Å². The van der Waals surface area contributed by atoms with Gasteiger partial charge >= 0.3 is 5.97 Å². The van der Waals surface area contributed by atoms with Crippen molar-refractivity contribution < 1.29 is 28.6 Å². The lowest BCUT2D eigenvalue weighted by atomic mass is 10.1. The highest BCUT2D eigenvalue weighted by Gasteiger charge is 2.23. The molecular formula is C23H25ClN2O6. The van der Waals surface area contributed by atoms with E-state index in [4.69, 9.17) is 25.8 Å². The number of carbonyl (C=O) groups is 3. The Labute approximate surface area is 191 Å². The third kappa shape index (κ3) is 5.70. The van der Waals surface area contributed by atoms with Crippen LogP contribution in [-0.4, -0.2) is 43.6 Å². The molecule has 8 nitrogen and oxygen atoms in total. The number of esters is 1. The normalized spacial score (nSPS) is 13.5. The third-order valence-electron chi connectivity index (χ3n) is 4.86. The van der Waals surface area contributed by atoms with Gasteiger partial charge in [-0.3, -0.25) is 9.59 Å². The molecule has 2 aromatic carbocycles. The fraction of sp³-hybridized carbons (Fsp3) is 0.348. The summed E-state index contributed by atoms with van der Waals surface area (Å²) >= 11 is 6.20. The van der Waals surface area contributed by atoms with Gasteiger partial charge in [-0.1, -0.05) is 29.8 Å². The summed E-state index contributed by atoms with van der Waals surface area (Å²) in [6.07, 6.45) is -0.427. The number of carbonyl (C=O) groups excluding carboxylic acids is 3. The monoisotopic (exact) mass is 460 g/mol. The summed E-state index contributed by atoms with van der Waals surface area (Å²) in [7, 11) is 0. The van der Waals surface area contributed by atoms with Crippen LogP contribution in [0.5, 0.6) is 11.5 Å². The Morgan fingerprint density at radius 1 is 1.12 bits per heavy atom. The molecule has 2 aromatic rings. The minimum atomic E-state index is -1.12. The molecule has 3 rings (SSSR count). The van der Waals surface area contributed by atoms with E-state index in [0.717, 1.165) is 11.1 Å². The molecule has 1 aliphatic heterocycles. The van der Waals surface area contributed by atoms with Gasteiger partial charge in [-0.25, -0.2) is 4.79 Å². The molecule has 1 heterocycles. The molecule has 170 valence electrons. The van der Waals surface area contributed by atoms with Crippen LogP contribution in [0.15, 0.2) is 30.3 Å². The van der Waals surface area contributed by atoms with Crippen LogP contribution in [0.2, 0.25) is 5.02 Å². The van der Waals surface area contributed by atoms with Crippen LogP contribution in [0.3, 0.4) is 0 Å². The van der Waals surface area contributed by atoms with Gasteiger partial charge in [-0.15, -0.1) is 0 Å². The second-order valence-electron chi connectivity index (χ2n) is 7.42. The summed E-state index contributed by atoms with van der Waals surface area (Å²) in [6.45, 7) is 5.82. The van der Waals surface area contributed by atoms with Crippen molar-refractivity contribution in [1.29, 1.82) is 0 Å². The van der Waals surface area contributed by atoms with Crippen LogP contribution in [0.25, 0.3) is 0 Å². The lowest BCUT2D eigenvalue weighted by Gasteiger charge is -2.16. The zero-order valence-corrected chi connectivity index (χ0v) is 18.9. The molecule has 0 aliphatic carbocycles. The molecular weight excluding hydrogens is 436 g/mol. The second kappa shape index (κ2) is 10.4. The number of hydrogen-bond acceptors (Lipinski definition) is 6. The predicted octanol–water partition coefficient (Wildman–Crippen LogP) is 3.42. The van der Waals surface area contributed by atoms with Crippen molar-refractivity contribution in [2.24, 2.45) is 0 Å². The number of hydrogen-bond donors (Lipinski definition) is 2. The number of ether oxygens (including phenoxy) is 3. The van der Waals surface area contributed by atoms with Gasteiger partial charge in [0.25, 0.3) is 5.91 Å². The maximum atomic E-state index is 12.5. The molecule has 0 saturated heterocycles. The van der Waals surface area contributed by atoms with E-state index in [2.05, 4.69) is 10.6 Å². The third-order valence-corrected chi connectivity index (χ3v) is 5.14. The van der Waals surface area contributed by atoms with Crippen molar-refractivity contribution in [2.75, 3.05) is 25.1 Å². The lowest BCUT2D eigenvalue weighted by molar-refractivity contribution is -0.130. The maximum Gasteiger partial charge on any atom is 0.339 e. The predicted molar refractivity (Wildman–Crippen MR) is 119 cm³/mol. The Balaban J connectivity index is 1.55. The van der Waals surface area contributed by atoms with E-state index in [1.54, 1.807) is 0 Å². The number of halogens is 1. The SMILES string of the molecule is Cc1cccc(C)c1NC(=O)CNC(=O)C(C)OC(=O)c1cc(Cl)c2c(c1)OCCCO2. The minimum Gasteiger partial charge on any atom is -0.489 e. The van der Waals surface area contributed by atoms with E-state index in [1.165, 1.54) is 19.1 Å². The lowest BCUT2D eigenvalue weighted by Crippen LogP contribution is -2.40. The van der Waals surface area contributed by atoms with Crippen molar-refractivity contribution in [3.05, 3.63) is 52.0 Å². The molecule has 32 heavy (non-hydrogen) atoms. The maximum absolute atomic E-state index is 12.5. The number of anilines is 1. The Morgan fingerprint density at radius 3 is 2.53 bits per heavy atom. The van der Waals surface area contributed by atoms with E-state index < -0.39 is 18.0 Å². The number of amides is 2. The number of fused-ring (bicyclic) bond motifs is 1. The van der Waals surface area contributed by atoms with Crippen molar-refractivity contribution in [3.8, 4) is 11.5 Å². The van der Waals surface area contributed by atoms with Crippen molar-refractivity contribution in [3.63, 3.8) is 0 Å². The van der Waals surface area contributed by atoms with Crippen molar-refractivity contribution >= 4 is 35.1 Å². The first kappa shape index (κ1) is 23.4. The Kier molecular flexibility index (Phi) is 7.58. The summed E-state index contributed by atoms with van der Waals surface area (Å²) in [5.74, 6) is -1.01. The minimum absolute atomic E-state index is 0.131. The van der Waals surface area contributed by atoms with Gasteiger partial charge in [0, 0.05) is 12.1 Å². The van der Waals surface area contributed by atoms with E-state index in [0.29, 0.717) is 36.8 Å². The van der Waals surface area contributed by atoms with Crippen LogP contribution in [0.4, 0.5) is 5.69 Å². The molecule has 1 aliphatic rings. The number of para-hydroxylation sites is 1. The highest BCUT2D eigenvalue weighted by molar-refractivity contribution is 6.32. The topological polar surface area (TPSA) is 103 Å². The fourth-order valence-corrected chi connectivity index (χ4v) is 3.40. The first-order valence-electron chi connectivity index (χ1n) is 10.2. The first-order chi connectivity index (χ1) is 15.3. The molecule has 0 bridgehead atoms. The van der Waals surface area contributed by atoms with Gasteiger partial charge in [0.2, 0.25) is 5.91 Å². The van der Waals surface area contributed by atoms with E-state index in [9.17, 15) is 14.4 Å². The molecule has 0 spiro atoms. The van der Waals surface area contributed by atoms with Crippen LogP contribution in [0, 0.1) is 13.8 Å². The molecule has 9 heteroatoms. The van der Waals surface area contributed by atoms with Crippen molar-refractivity contribution in [1.82, 2.24) is 5.32 Å².